The highest BCUT2D eigenvalue weighted by molar-refractivity contribution is 5.90. The number of hydrogen-bond donors (Lipinski definition) is 1. The van der Waals surface area contributed by atoms with Crippen LogP contribution in [-0.4, -0.2) is 35.4 Å². The fraction of sp³-hybridized carbons (Fsp3) is 0.333. The van der Waals surface area contributed by atoms with Crippen molar-refractivity contribution in [3.8, 4) is 0 Å². The minimum absolute atomic E-state index is 0.0637. The predicted molar refractivity (Wildman–Crippen MR) is 95.7 cm³/mol. The molecule has 1 fully saturated rings. The molecule has 136 valence electrons. The minimum Gasteiger partial charge on any atom is -0.454 e. The van der Waals surface area contributed by atoms with Crippen LogP contribution in [0.15, 0.2) is 60.7 Å². The number of aliphatic hydroxyl groups is 1. The number of benzene rings is 2. The van der Waals surface area contributed by atoms with Crippen molar-refractivity contribution >= 4 is 11.9 Å². The number of esters is 2. The molecule has 1 aliphatic rings. The second-order valence-corrected chi connectivity index (χ2v) is 6.44. The highest BCUT2D eigenvalue weighted by Gasteiger charge is 2.47. The van der Waals surface area contributed by atoms with E-state index in [-0.39, 0.29) is 5.92 Å². The lowest BCUT2D eigenvalue weighted by molar-refractivity contribution is -0.0600. The van der Waals surface area contributed by atoms with Gasteiger partial charge >= 0.3 is 11.9 Å². The van der Waals surface area contributed by atoms with Gasteiger partial charge in [0.25, 0.3) is 0 Å². The van der Waals surface area contributed by atoms with Crippen LogP contribution in [0, 0.1) is 5.92 Å². The lowest BCUT2D eigenvalue weighted by Gasteiger charge is -2.25. The zero-order valence-electron chi connectivity index (χ0n) is 14.6. The number of rotatable bonds is 5. The first kappa shape index (κ1) is 18.1. The molecule has 0 radical (unpaired) electrons. The standard InChI is InChI=1S/C21H22O5/c1-2-14-13-17(22)19(26-21(24)16-11-7-4-8-12-16)18(14)25-20(23)15-9-5-3-6-10-15/h3-12,14,17-19,22H,2,13H2,1H3/t14-,17+,18?,19+/m1/s1. The predicted octanol–water partition coefficient (Wildman–Crippen LogP) is 3.23. The molecule has 1 saturated carbocycles. The molecule has 0 amide bonds. The van der Waals surface area contributed by atoms with E-state index in [0.717, 1.165) is 0 Å². The molecule has 1 N–H and O–H groups in total. The van der Waals surface area contributed by atoms with E-state index in [2.05, 4.69) is 0 Å². The maximum atomic E-state index is 12.4. The summed E-state index contributed by atoms with van der Waals surface area (Å²) < 4.78 is 11.2. The van der Waals surface area contributed by atoms with Gasteiger partial charge in [0.2, 0.25) is 0 Å². The Balaban J connectivity index is 1.76. The van der Waals surface area contributed by atoms with Crippen LogP contribution in [0.1, 0.15) is 40.5 Å². The van der Waals surface area contributed by atoms with E-state index in [9.17, 15) is 14.7 Å². The normalized spacial score (nSPS) is 24.8. The summed E-state index contributed by atoms with van der Waals surface area (Å²) in [7, 11) is 0. The van der Waals surface area contributed by atoms with Crippen molar-refractivity contribution in [2.45, 2.75) is 38.1 Å². The first-order chi connectivity index (χ1) is 12.6. The molecule has 1 unspecified atom stereocenters. The lowest BCUT2D eigenvalue weighted by Crippen LogP contribution is -2.39. The molecule has 0 spiro atoms. The zero-order valence-corrected chi connectivity index (χ0v) is 14.6. The fourth-order valence-corrected chi connectivity index (χ4v) is 3.31. The lowest BCUT2D eigenvalue weighted by atomic mass is 10.0. The first-order valence-electron chi connectivity index (χ1n) is 8.80. The number of hydrogen-bond acceptors (Lipinski definition) is 5. The van der Waals surface area contributed by atoms with Crippen molar-refractivity contribution in [1.29, 1.82) is 0 Å². The molecule has 0 saturated heterocycles. The summed E-state index contributed by atoms with van der Waals surface area (Å²) >= 11 is 0. The molecule has 0 aromatic heterocycles. The van der Waals surface area contributed by atoms with Crippen LogP contribution in [0.4, 0.5) is 0 Å². The van der Waals surface area contributed by atoms with Gasteiger partial charge in [-0.25, -0.2) is 9.59 Å². The molecule has 0 bridgehead atoms. The van der Waals surface area contributed by atoms with Crippen molar-refractivity contribution in [3.63, 3.8) is 0 Å². The van der Waals surface area contributed by atoms with Crippen LogP contribution >= 0.6 is 0 Å². The van der Waals surface area contributed by atoms with Gasteiger partial charge in [-0.15, -0.1) is 0 Å². The second kappa shape index (κ2) is 8.15. The van der Waals surface area contributed by atoms with Crippen LogP contribution < -0.4 is 0 Å². The van der Waals surface area contributed by atoms with E-state index in [1.54, 1.807) is 54.6 Å². The molecular formula is C21H22O5. The summed E-state index contributed by atoms with van der Waals surface area (Å²) in [5.41, 5.74) is 0.824. The largest absolute Gasteiger partial charge is 0.454 e. The molecule has 5 nitrogen and oxygen atoms in total. The molecule has 5 heteroatoms. The summed E-state index contributed by atoms with van der Waals surface area (Å²) in [4.78, 5) is 24.8. The molecule has 2 aromatic carbocycles. The van der Waals surface area contributed by atoms with Gasteiger partial charge < -0.3 is 14.6 Å². The molecule has 26 heavy (non-hydrogen) atoms. The smallest absolute Gasteiger partial charge is 0.338 e. The number of aliphatic hydroxyl groups excluding tert-OH is 1. The Morgan fingerprint density at radius 2 is 1.35 bits per heavy atom. The number of carbonyl (C=O) groups is 2. The molecule has 3 rings (SSSR count). The third kappa shape index (κ3) is 3.94. The Morgan fingerprint density at radius 3 is 1.81 bits per heavy atom. The Bertz CT molecular complexity index is 744. The number of ether oxygens (including phenoxy) is 2. The molecule has 1 aliphatic carbocycles. The van der Waals surface area contributed by atoms with Crippen LogP contribution in [0.25, 0.3) is 0 Å². The fourth-order valence-electron chi connectivity index (χ4n) is 3.31. The minimum atomic E-state index is -0.875. The Hall–Kier alpha value is -2.66. The van der Waals surface area contributed by atoms with Crippen LogP contribution in [0.3, 0.4) is 0 Å². The summed E-state index contributed by atoms with van der Waals surface area (Å²) in [6.07, 6.45) is -1.27. The van der Waals surface area contributed by atoms with Crippen molar-refractivity contribution in [3.05, 3.63) is 71.8 Å². The Kier molecular flexibility index (Phi) is 5.68. The van der Waals surface area contributed by atoms with Gasteiger partial charge in [-0.3, -0.25) is 0 Å². The SMILES string of the molecule is CC[C@@H]1C[C@H](O)[C@H](OC(=O)c2ccccc2)C1OC(=O)c1ccccc1. The maximum absolute atomic E-state index is 12.4. The average Bonchev–Trinajstić information content (AvgIpc) is 2.98. The van der Waals surface area contributed by atoms with Gasteiger partial charge in [0.15, 0.2) is 6.10 Å². The second-order valence-electron chi connectivity index (χ2n) is 6.44. The Labute approximate surface area is 152 Å². The van der Waals surface area contributed by atoms with E-state index in [0.29, 0.717) is 24.0 Å². The number of carbonyl (C=O) groups excluding carboxylic acids is 2. The molecular weight excluding hydrogens is 332 g/mol. The average molecular weight is 354 g/mol. The highest BCUT2D eigenvalue weighted by Crippen LogP contribution is 2.34. The van der Waals surface area contributed by atoms with E-state index >= 15 is 0 Å². The summed E-state index contributed by atoms with van der Waals surface area (Å²) in [5.74, 6) is -1.08. The van der Waals surface area contributed by atoms with Crippen molar-refractivity contribution < 1.29 is 24.2 Å². The van der Waals surface area contributed by atoms with E-state index in [4.69, 9.17) is 9.47 Å². The van der Waals surface area contributed by atoms with Gasteiger partial charge in [-0.1, -0.05) is 43.3 Å². The highest BCUT2D eigenvalue weighted by atomic mass is 16.6. The van der Waals surface area contributed by atoms with Crippen molar-refractivity contribution in [1.82, 2.24) is 0 Å². The van der Waals surface area contributed by atoms with Crippen molar-refractivity contribution in [2.24, 2.45) is 5.92 Å². The van der Waals surface area contributed by atoms with Crippen molar-refractivity contribution in [2.75, 3.05) is 0 Å². The summed E-state index contributed by atoms with van der Waals surface area (Å²) in [5, 5.41) is 10.4. The zero-order chi connectivity index (χ0) is 18.5. The van der Waals surface area contributed by atoms with Gasteiger partial charge in [-0.2, -0.15) is 0 Å². The maximum Gasteiger partial charge on any atom is 0.338 e. The molecule has 4 atom stereocenters. The van der Waals surface area contributed by atoms with E-state index in [1.807, 2.05) is 13.0 Å². The first-order valence-corrected chi connectivity index (χ1v) is 8.80. The third-order valence-electron chi connectivity index (χ3n) is 4.74. The topological polar surface area (TPSA) is 72.8 Å². The van der Waals surface area contributed by atoms with E-state index < -0.39 is 30.3 Å². The summed E-state index contributed by atoms with van der Waals surface area (Å²) in [6.45, 7) is 1.96. The Morgan fingerprint density at radius 1 is 0.885 bits per heavy atom. The summed E-state index contributed by atoms with van der Waals surface area (Å²) in [6, 6.07) is 17.2. The monoisotopic (exact) mass is 354 g/mol. The molecule has 2 aromatic rings. The van der Waals surface area contributed by atoms with Gasteiger partial charge in [0.1, 0.15) is 6.10 Å². The molecule has 0 heterocycles. The van der Waals surface area contributed by atoms with Crippen LogP contribution in [0.2, 0.25) is 0 Å². The van der Waals surface area contributed by atoms with E-state index in [1.165, 1.54) is 0 Å². The van der Waals surface area contributed by atoms with Crippen LogP contribution in [-0.2, 0) is 9.47 Å². The third-order valence-corrected chi connectivity index (χ3v) is 4.74. The van der Waals surface area contributed by atoms with Gasteiger partial charge in [0, 0.05) is 5.92 Å². The van der Waals surface area contributed by atoms with Gasteiger partial charge in [-0.05, 0) is 37.1 Å². The van der Waals surface area contributed by atoms with Crippen LogP contribution in [0.5, 0.6) is 0 Å². The van der Waals surface area contributed by atoms with Gasteiger partial charge in [0.05, 0.1) is 17.2 Å². The quantitative estimate of drug-likeness (QED) is 0.835. The molecule has 0 aliphatic heterocycles.